The maximum absolute atomic E-state index is 13.3. The molecule has 1 fully saturated rings. The van der Waals surface area contributed by atoms with Crippen LogP contribution in [0, 0.1) is 0 Å². The van der Waals surface area contributed by atoms with Crippen LogP contribution in [-0.2, 0) is 20.3 Å². The van der Waals surface area contributed by atoms with Crippen molar-refractivity contribution in [1.29, 1.82) is 0 Å². The number of para-hydroxylation sites is 1. The molecule has 43 heavy (non-hydrogen) atoms. The van der Waals surface area contributed by atoms with Crippen LogP contribution in [0.3, 0.4) is 0 Å². The van der Waals surface area contributed by atoms with Crippen LogP contribution in [0.2, 0.25) is 0 Å². The van der Waals surface area contributed by atoms with Gasteiger partial charge in [0.2, 0.25) is 0 Å². The van der Waals surface area contributed by atoms with Crippen LogP contribution in [0.4, 0.5) is 11.6 Å². The Balaban J connectivity index is 1.32. The number of aromatic nitrogens is 4. The summed E-state index contributed by atoms with van der Waals surface area (Å²) >= 11 is 0. The number of benzene rings is 3. The minimum Gasteiger partial charge on any atom is -0.507 e. The summed E-state index contributed by atoms with van der Waals surface area (Å²) in [6, 6.07) is 23.7. The minimum atomic E-state index is -3.83. The first-order valence-electron chi connectivity index (χ1n) is 13.5. The van der Waals surface area contributed by atoms with E-state index in [9.17, 15) is 13.5 Å². The molecule has 1 aliphatic rings. The van der Waals surface area contributed by atoms with Gasteiger partial charge in [-0.1, -0.05) is 42.5 Å². The molecule has 0 bridgehead atoms. The molecule has 218 valence electrons. The van der Waals surface area contributed by atoms with E-state index < -0.39 is 9.84 Å². The van der Waals surface area contributed by atoms with Gasteiger partial charge < -0.3 is 26.0 Å². The zero-order chi connectivity index (χ0) is 30.0. The molecule has 6 rings (SSSR count). The van der Waals surface area contributed by atoms with Crippen LogP contribution >= 0.6 is 0 Å². The fraction of sp³-hybridized carbons (Fsp3) is 0.161. The van der Waals surface area contributed by atoms with Crippen LogP contribution in [0.5, 0.6) is 17.2 Å². The number of nitrogens with two attached hydrogens (primary N) is 2. The van der Waals surface area contributed by atoms with E-state index in [1.165, 1.54) is 12.1 Å². The number of sulfone groups is 1. The third-order valence-corrected chi connectivity index (χ3v) is 8.80. The maximum Gasteiger partial charge on any atom is 0.186 e. The van der Waals surface area contributed by atoms with Crippen molar-refractivity contribution in [2.24, 2.45) is 0 Å². The molecule has 12 heteroatoms. The zero-order valence-corrected chi connectivity index (χ0v) is 23.7. The monoisotopic (exact) mass is 596 g/mol. The van der Waals surface area contributed by atoms with Crippen molar-refractivity contribution in [2.45, 2.75) is 29.6 Å². The molecule has 3 heterocycles. The number of phenols is 1. The Kier molecular flexibility index (Phi) is 7.61. The molecule has 1 unspecified atom stereocenters. The molecule has 1 aliphatic heterocycles. The molecule has 5 aromatic rings. The molecule has 0 saturated carbocycles. The van der Waals surface area contributed by atoms with Crippen LogP contribution < -0.4 is 16.2 Å². The molecular weight excluding hydrogens is 568 g/mol. The highest BCUT2D eigenvalue weighted by molar-refractivity contribution is 7.90. The number of phenolic OH excluding ortho intramolecular Hbond substituents is 1. The fourth-order valence-electron chi connectivity index (χ4n) is 4.94. The molecule has 11 nitrogen and oxygen atoms in total. The smallest absolute Gasteiger partial charge is 0.186 e. The van der Waals surface area contributed by atoms with Gasteiger partial charge in [-0.15, -0.1) is 20.4 Å². The highest BCUT2D eigenvalue weighted by Crippen LogP contribution is 2.39. The maximum atomic E-state index is 13.3. The lowest BCUT2D eigenvalue weighted by molar-refractivity contribution is 0.112. The summed E-state index contributed by atoms with van der Waals surface area (Å²) in [6.07, 6.45) is 1.57. The first-order chi connectivity index (χ1) is 20.8. The number of hydrogen-bond donors (Lipinski definition) is 3. The van der Waals surface area contributed by atoms with E-state index in [-0.39, 0.29) is 39.8 Å². The molecule has 0 spiro atoms. The second kappa shape index (κ2) is 11.7. The van der Waals surface area contributed by atoms with Gasteiger partial charge in [-0.05, 0) is 60.9 Å². The van der Waals surface area contributed by atoms with Gasteiger partial charge in [0.1, 0.15) is 22.1 Å². The molecule has 1 atom stereocenters. The quantitative estimate of drug-likeness (QED) is 0.217. The lowest BCUT2D eigenvalue weighted by Crippen LogP contribution is -2.10. The number of hydrogen-bond acceptors (Lipinski definition) is 11. The summed E-state index contributed by atoms with van der Waals surface area (Å²) in [5.41, 5.74) is 15.0. The Morgan fingerprint density at radius 2 is 1.56 bits per heavy atom. The molecule has 5 N–H and O–H groups in total. The Morgan fingerprint density at radius 3 is 2.33 bits per heavy atom. The normalized spacial score (nSPS) is 14.9. The average molecular weight is 597 g/mol. The minimum absolute atomic E-state index is 0.0179. The fourth-order valence-corrected chi connectivity index (χ4v) is 6.38. The van der Waals surface area contributed by atoms with Crippen molar-refractivity contribution in [3.05, 3.63) is 96.1 Å². The second-order valence-corrected chi connectivity index (χ2v) is 12.0. The van der Waals surface area contributed by atoms with Gasteiger partial charge in [0.25, 0.3) is 0 Å². The van der Waals surface area contributed by atoms with Crippen molar-refractivity contribution in [3.8, 4) is 39.8 Å². The summed E-state index contributed by atoms with van der Waals surface area (Å²) in [4.78, 5) is -0.118. The van der Waals surface area contributed by atoms with Gasteiger partial charge in [0.05, 0.1) is 23.2 Å². The lowest BCUT2D eigenvalue weighted by atomic mass is 10.0. The van der Waals surface area contributed by atoms with E-state index in [2.05, 4.69) is 20.4 Å². The van der Waals surface area contributed by atoms with Gasteiger partial charge in [0.15, 0.2) is 21.5 Å². The summed E-state index contributed by atoms with van der Waals surface area (Å²) in [5.74, 6) is 0.612. The van der Waals surface area contributed by atoms with Crippen molar-refractivity contribution in [3.63, 3.8) is 0 Å². The van der Waals surface area contributed by atoms with E-state index in [1.54, 1.807) is 66.7 Å². The highest BCUT2D eigenvalue weighted by atomic mass is 32.2. The zero-order valence-electron chi connectivity index (χ0n) is 22.9. The number of aromatic hydroxyl groups is 1. The Labute approximate surface area is 248 Å². The number of nitrogen functional groups attached to an aromatic ring is 2. The predicted octanol–water partition coefficient (Wildman–Crippen LogP) is 5.09. The third kappa shape index (κ3) is 5.96. The lowest BCUT2D eigenvalue weighted by Gasteiger charge is -2.15. The van der Waals surface area contributed by atoms with E-state index >= 15 is 0 Å². The molecule has 2 aromatic heterocycles. The Morgan fingerprint density at radius 1 is 0.837 bits per heavy atom. The number of ether oxygens (including phenoxy) is 2. The second-order valence-electron chi connectivity index (χ2n) is 10.1. The van der Waals surface area contributed by atoms with E-state index in [4.69, 9.17) is 20.9 Å². The van der Waals surface area contributed by atoms with Gasteiger partial charge in [-0.2, -0.15) is 0 Å². The molecule has 3 aromatic carbocycles. The van der Waals surface area contributed by atoms with Crippen LogP contribution in [0.1, 0.15) is 30.1 Å². The van der Waals surface area contributed by atoms with Crippen LogP contribution in [0.25, 0.3) is 22.5 Å². The number of nitrogens with zero attached hydrogens (tertiary/aromatic N) is 4. The van der Waals surface area contributed by atoms with E-state index in [0.717, 1.165) is 18.4 Å². The average Bonchev–Trinajstić information content (AvgIpc) is 3.54. The molecule has 1 saturated heterocycles. The van der Waals surface area contributed by atoms with Gasteiger partial charge in [-0.3, -0.25) is 0 Å². The van der Waals surface area contributed by atoms with Crippen LogP contribution in [-0.4, -0.2) is 40.5 Å². The molecule has 0 amide bonds. The molecule has 0 aliphatic carbocycles. The molecule has 0 radical (unpaired) electrons. The van der Waals surface area contributed by atoms with Gasteiger partial charge in [0, 0.05) is 23.3 Å². The van der Waals surface area contributed by atoms with E-state index in [1.807, 2.05) is 6.07 Å². The van der Waals surface area contributed by atoms with E-state index in [0.29, 0.717) is 40.5 Å². The Bertz CT molecular complexity index is 1900. The largest absolute Gasteiger partial charge is 0.507 e. The summed E-state index contributed by atoms with van der Waals surface area (Å²) in [7, 11) is -3.83. The van der Waals surface area contributed by atoms with Gasteiger partial charge >= 0.3 is 0 Å². The summed E-state index contributed by atoms with van der Waals surface area (Å²) in [6.45, 7) is 0.647. The van der Waals surface area contributed by atoms with Gasteiger partial charge in [-0.25, -0.2) is 8.42 Å². The number of rotatable bonds is 8. The van der Waals surface area contributed by atoms with Crippen molar-refractivity contribution in [2.75, 3.05) is 18.1 Å². The topological polar surface area (TPSA) is 176 Å². The summed E-state index contributed by atoms with van der Waals surface area (Å²) in [5, 5.41) is 27.1. The predicted molar refractivity (Wildman–Crippen MR) is 161 cm³/mol. The third-order valence-electron chi connectivity index (χ3n) is 7.09. The SMILES string of the molecule is Nc1nnc(-c2cc(Oc3ccccc3-c3cc(S(=O)(=O)Cc4ccccc4)c(N)nn3)ccc2O)cc1C1CCCO1. The first kappa shape index (κ1) is 28.1. The van der Waals surface area contributed by atoms with Crippen LogP contribution in [0.15, 0.2) is 89.8 Å². The van der Waals surface area contributed by atoms with Crippen molar-refractivity contribution >= 4 is 21.5 Å². The Hall–Kier alpha value is -5.07. The standard InChI is InChI=1S/C31H28N6O5S/c32-30-23(27-11-6-14-41-27)16-24(34-36-30)22-15-20(12-13-26(22)38)42-28-10-5-4-9-21(28)25-17-29(31(33)37-35-25)43(39,40)18-19-7-2-1-3-8-19/h1-5,7-10,12-13,15-17,27,38H,6,11,14,18H2,(H2,32,36)(H2,33,37). The summed E-state index contributed by atoms with van der Waals surface area (Å²) < 4.78 is 38.6. The number of anilines is 2. The molecular formula is C31H28N6O5S. The van der Waals surface area contributed by atoms with Crippen molar-refractivity contribution in [1.82, 2.24) is 20.4 Å². The van der Waals surface area contributed by atoms with Crippen molar-refractivity contribution < 1.29 is 23.0 Å². The first-order valence-corrected chi connectivity index (χ1v) is 15.2. The highest BCUT2D eigenvalue weighted by Gasteiger charge is 2.24.